The minimum absolute atomic E-state index is 0.139. The molecular weight excluding hydrogens is 313 g/mol. The molecule has 2 unspecified atom stereocenters. The fraction of sp³-hybridized carbons (Fsp3) is 0.412. The third-order valence-corrected chi connectivity index (χ3v) is 4.89. The Morgan fingerprint density at radius 3 is 3.09 bits per heavy atom. The van der Waals surface area contributed by atoms with E-state index in [9.17, 15) is 9.18 Å². The number of thiazole rings is 1. The van der Waals surface area contributed by atoms with Crippen molar-refractivity contribution in [2.75, 3.05) is 6.54 Å². The van der Waals surface area contributed by atoms with E-state index in [1.54, 1.807) is 23.6 Å². The second kappa shape index (κ2) is 7.19. The molecule has 1 fully saturated rings. The van der Waals surface area contributed by atoms with Crippen molar-refractivity contribution >= 4 is 17.2 Å². The van der Waals surface area contributed by atoms with Gasteiger partial charge in [-0.05, 0) is 37.9 Å². The van der Waals surface area contributed by atoms with E-state index < -0.39 is 0 Å². The summed E-state index contributed by atoms with van der Waals surface area (Å²) in [6.07, 6.45) is 2.27. The number of hydrogen-bond acceptors (Lipinski definition) is 4. The normalized spacial score (nSPS) is 21.1. The van der Waals surface area contributed by atoms with E-state index in [2.05, 4.69) is 22.5 Å². The molecule has 122 valence electrons. The average Bonchev–Trinajstić information content (AvgIpc) is 2.98. The van der Waals surface area contributed by atoms with E-state index in [1.807, 2.05) is 0 Å². The van der Waals surface area contributed by atoms with Gasteiger partial charge < -0.3 is 10.6 Å². The van der Waals surface area contributed by atoms with Gasteiger partial charge in [0.05, 0.1) is 5.01 Å². The predicted octanol–water partition coefficient (Wildman–Crippen LogP) is 2.74. The second-order valence-corrected chi connectivity index (χ2v) is 6.89. The molecule has 1 amide bonds. The van der Waals surface area contributed by atoms with Crippen LogP contribution in [0.3, 0.4) is 0 Å². The fourth-order valence-corrected chi connectivity index (χ4v) is 3.62. The lowest BCUT2D eigenvalue weighted by molar-refractivity contribution is 0.0921. The van der Waals surface area contributed by atoms with Gasteiger partial charge in [0.25, 0.3) is 5.91 Å². The van der Waals surface area contributed by atoms with E-state index in [4.69, 9.17) is 0 Å². The van der Waals surface area contributed by atoms with Gasteiger partial charge in [-0.1, -0.05) is 18.2 Å². The van der Waals surface area contributed by atoms with Crippen LogP contribution in [0.5, 0.6) is 0 Å². The highest BCUT2D eigenvalue weighted by Crippen LogP contribution is 2.17. The first-order valence-electron chi connectivity index (χ1n) is 7.84. The summed E-state index contributed by atoms with van der Waals surface area (Å²) >= 11 is 1.39. The van der Waals surface area contributed by atoms with Gasteiger partial charge in [0.1, 0.15) is 11.5 Å². The minimum atomic E-state index is -0.239. The Bertz CT molecular complexity index is 688. The van der Waals surface area contributed by atoms with Gasteiger partial charge in [0.2, 0.25) is 0 Å². The van der Waals surface area contributed by atoms with Crippen molar-refractivity contribution in [2.45, 2.75) is 38.3 Å². The maximum Gasteiger partial charge on any atom is 0.270 e. The molecule has 0 radical (unpaired) electrons. The first kappa shape index (κ1) is 16.1. The molecule has 1 aromatic heterocycles. The lowest BCUT2D eigenvalue weighted by Crippen LogP contribution is -2.46. The number of aromatic nitrogens is 1. The number of hydrogen-bond donors (Lipinski definition) is 2. The summed E-state index contributed by atoms with van der Waals surface area (Å²) in [6.45, 7) is 3.04. The maximum atomic E-state index is 13.7. The minimum Gasteiger partial charge on any atom is -0.348 e. The first-order valence-corrected chi connectivity index (χ1v) is 8.72. The number of nitrogens with one attached hydrogen (secondary N) is 2. The van der Waals surface area contributed by atoms with Crippen molar-refractivity contribution in [3.8, 4) is 0 Å². The van der Waals surface area contributed by atoms with Crippen LogP contribution in [0.25, 0.3) is 0 Å². The number of carbonyl (C=O) groups excluding carboxylic acids is 1. The Kier molecular flexibility index (Phi) is 5.03. The molecule has 0 aliphatic carbocycles. The zero-order valence-corrected chi connectivity index (χ0v) is 13.8. The molecule has 4 nitrogen and oxygen atoms in total. The third-order valence-electron chi connectivity index (χ3n) is 4.04. The molecule has 0 saturated carbocycles. The van der Waals surface area contributed by atoms with Gasteiger partial charge in [-0.3, -0.25) is 4.79 Å². The maximum absolute atomic E-state index is 13.7. The number of amides is 1. The smallest absolute Gasteiger partial charge is 0.270 e. The van der Waals surface area contributed by atoms with Crippen LogP contribution in [0.2, 0.25) is 0 Å². The summed E-state index contributed by atoms with van der Waals surface area (Å²) in [5, 5.41) is 8.90. The van der Waals surface area contributed by atoms with Crippen LogP contribution in [0.4, 0.5) is 4.39 Å². The average molecular weight is 333 g/mol. The predicted molar refractivity (Wildman–Crippen MR) is 89.3 cm³/mol. The van der Waals surface area contributed by atoms with Crippen LogP contribution in [-0.2, 0) is 6.42 Å². The Hall–Kier alpha value is -1.79. The van der Waals surface area contributed by atoms with Gasteiger partial charge in [-0.15, -0.1) is 11.3 Å². The quantitative estimate of drug-likeness (QED) is 0.904. The topological polar surface area (TPSA) is 54.0 Å². The number of carbonyl (C=O) groups is 1. The molecule has 0 spiro atoms. The lowest BCUT2D eigenvalue weighted by atomic mass is 10.0. The molecule has 6 heteroatoms. The molecule has 2 N–H and O–H groups in total. The highest BCUT2D eigenvalue weighted by atomic mass is 32.1. The lowest BCUT2D eigenvalue weighted by Gasteiger charge is -2.28. The van der Waals surface area contributed by atoms with Gasteiger partial charge in [0.15, 0.2) is 0 Å². The monoisotopic (exact) mass is 333 g/mol. The molecule has 1 aliphatic heterocycles. The van der Waals surface area contributed by atoms with E-state index in [-0.39, 0.29) is 17.8 Å². The van der Waals surface area contributed by atoms with Crippen LogP contribution >= 0.6 is 11.3 Å². The van der Waals surface area contributed by atoms with Gasteiger partial charge in [0, 0.05) is 23.9 Å². The van der Waals surface area contributed by atoms with Gasteiger partial charge in [-0.25, -0.2) is 9.37 Å². The summed E-state index contributed by atoms with van der Waals surface area (Å²) in [6, 6.07) is 7.26. The van der Waals surface area contributed by atoms with Crippen molar-refractivity contribution in [3.05, 3.63) is 51.7 Å². The van der Waals surface area contributed by atoms with Crippen molar-refractivity contribution < 1.29 is 9.18 Å². The number of nitrogens with zero attached hydrogens (tertiary/aromatic N) is 1. The summed E-state index contributed by atoms with van der Waals surface area (Å²) in [5.74, 6) is -0.377. The molecule has 0 bridgehead atoms. The molecule has 2 heterocycles. The van der Waals surface area contributed by atoms with Crippen LogP contribution < -0.4 is 10.6 Å². The molecule has 1 aromatic carbocycles. The summed E-state index contributed by atoms with van der Waals surface area (Å²) in [4.78, 5) is 16.6. The highest BCUT2D eigenvalue weighted by molar-refractivity contribution is 7.09. The van der Waals surface area contributed by atoms with E-state index in [0.29, 0.717) is 23.7 Å². The van der Waals surface area contributed by atoms with E-state index in [1.165, 1.54) is 17.4 Å². The molecule has 2 atom stereocenters. The summed E-state index contributed by atoms with van der Waals surface area (Å²) in [5.41, 5.74) is 1.02. The van der Waals surface area contributed by atoms with Crippen molar-refractivity contribution in [1.82, 2.24) is 15.6 Å². The number of piperidine rings is 1. The Labute approximate surface area is 139 Å². The van der Waals surface area contributed by atoms with Gasteiger partial charge in [-0.2, -0.15) is 0 Å². The molecule has 2 aromatic rings. The molecule has 1 saturated heterocycles. The molecule has 23 heavy (non-hydrogen) atoms. The van der Waals surface area contributed by atoms with Gasteiger partial charge >= 0.3 is 0 Å². The molecule has 1 aliphatic rings. The SMILES string of the molecule is CC1CC(NC(=O)c2csc(Cc3ccccc3F)n2)CCN1. The number of benzene rings is 1. The number of rotatable bonds is 4. The summed E-state index contributed by atoms with van der Waals surface area (Å²) < 4.78 is 13.7. The zero-order valence-electron chi connectivity index (χ0n) is 13.0. The van der Waals surface area contributed by atoms with Crippen LogP contribution in [0, 0.1) is 5.82 Å². The van der Waals surface area contributed by atoms with E-state index >= 15 is 0 Å². The number of halogens is 1. The second-order valence-electron chi connectivity index (χ2n) is 5.94. The standard InChI is InChI=1S/C17H20FN3OS/c1-11-8-13(6-7-19-11)20-17(22)15-10-23-16(21-15)9-12-4-2-3-5-14(12)18/h2-5,10-11,13,19H,6-9H2,1H3,(H,20,22). The highest BCUT2D eigenvalue weighted by Gasteiger charge is 2.21. The van der Waals surface area contributed by atoms with Crippen molar-refractivity contribution in [2.24, 2.45) is 0 Å². The van der Waals surface area contributed by atoms with Crippen molar-refractivity contribution in [3.63, 3.8) is 0 Å². The fourth-order valence-electron chi connectivity index (χ4n) is 2.82. The van der Waals surface area contributed by atoms with Crippen molar-refractivity contribution in [1.29, 1.82) is 0 Å². The Balaban J connectivity index is 1.62. The molecular formula is C17H20FN3OS. The summed E-state index contributed by atoms with van der Waals surface area (Å²) in [7, 11) is 0. The Morgan fingerprint density at radius 1 is 1.48 bits per heavy atom. The van der Waals surface area contributed by atoms with Crippen LogP contribution in [0.15, 0.2) is 29.6 Å². The van der Waals surface area contributed by atoms with E-state index in [0.717, 1.165) is 24.4 Å². The largest absolute Gasteiger partial charge is 0.348 e. The first-order chi connectivity index (χ1) is 11.1. The molecule has 3 rings (SSSR count). The zero-order chi connectivity index (χ0) is 16.2. The van der Waals surface area contributed by atoms with Crippen LogP contribution in [-0.4, -0.2) is 29.5 Å². The van der Waals surface area contributed by atoms with Crippen LogP contribution in [0.1, 0.15) is 40.8 Å². The Morgan fingerprint density at radius 2 is 2.30 bits per heavy atom. The third kappa shape index (κ3) is 4.14.